The summed E-state index contributed by atoms with van der Waals surface area (Å²) >= 11 is 1.47. The fourth-order valence-electron chi connectivity index (χ4n) is 4.20. The zero-order valence-corrected chi connectivity index (χ0v) is 27.8. The lowest BCUT2D eigenvalue weighted by Crippen LogP contribution is -2.41. The molecule has 0 saturated heterocycles. The molecule has 0 aliphatic rings. The number of carbonyl (C=O) groups is 2. The number of anilines is 3. The van der Waals surface area contributed by atoms with Crippen LogP contribution >= 0.6 is 11.9 Å². The van der Waals surface area contributed by atoms with Gasteiger partial charge in [0.15, 0.2) is 5.75 Å². The van der Waals surface area contributed by atoms with Crippen molar-refractivity contribution in [2.75, 3.05) is 62.1 Å². The van der Waals surface area contributed by atoms with E-state index in [2.05, 4.69) is 61.5 Å². The first-order valence-electron chi connectivity index (χ1n) is 13.7. The summed E-state index contributed by atoms with van der Waals surface area (Å²) in [5.41, 5.74) is 9.83. The number of nitrogens with one attached hydrogen (secondary N) is 3. The van der Waals surface area contributed by atoms with Crippen LogP contribution in [0.1, 0.15) is 56.1 Å². The van der Waals surface area contributed by atoms with Crippen LogP contribution in [0.4, 0.5) is 17.1 Å². The minimum Gasteiger partial charge on any atom is -0.492 e. The van der Waals surface area contributed by atoms with Gasteiger partial charge in [-0.05, 0) is 67.2 Å². The van der Waals surface area contributed by atoms with Crippen LogP contribution in [0.5, 0.6) is 5.75 Å². The molecule has 0 aliphatic carbocycles. The summed E-state index contributed by atoms with van der Waals surface area (Å²) in [7, 11) is 5.63. The smallest absolute Gasteiger partial charge is 0.255 e. The average molecular weight is 602 g/mol. The molecular weight excluding hydrogens is 550 g/mol. The van der Waals surface area contributed by atoms with E-state index in [9.17, 15) is 9.59 Å². The van der Waals surface area contributed by atoms with Crippen LogP contribution in [0.2, 0.25) is 0 Å². The highest BCUT2D eigenvalue weighted by molar-refractivity contribution is 7.99. The molecule has 0 unspecified atom stereocenters. The quantitative estimate of drug-likeness (QED) is 0.133. The molecule has 11 heteroatoms. The summed E-state index contributed by atoms with van der Waals surface area (Å²) in [5.74, 6) is 6.18. The predicted molar refractivity (Wildman–Crippen MR) is 179 cm³/mol. The minimum atomic E-state index is -0.247. The third kappa shape index (κ3) is 11.6. The lowest BCUT2D eigenvalue weighted by molar-refractivity contribution is -0.120. The maximum absolute atomic E-state index is 13.0. The van der Waals surface area contributed by atoms with Crippen molar-refractivity contribution in [3.05, 3.63) is 59.8 Å². The number of nitrogens with two attached hydrogens (primary N) is 2. The summed E-state index contributed by atoms with van der Waals surface area (Å²) in [4.78, 5) is 26.0. The third-order valence-corrected chi connectivity index (χ3v) is 6.68. The van der Waals surface area contributed by atoms with Gasteiger partial charge in [-0.2, -0.15) is 0 Å². The van der Waals surface area contributed by atoms with E-state index in [1.807, 2.05) is 45.5 Å². The first-order chi connectivity index (χ1) is 19.5. The molecule has 10 nitrogen and oxygen atoms in total. The molecule has 0 heterocycles. The van der Waals surface area contributed by atoms with E-state index < -0.39 is 0 Å². The van der Waals surface area contributed by atoms with E-state index in [0.717, 1.165) is 23.4 Å². The zero-order chi connectivity index (χ0) is 32.3. The van der Waals surface area contributed by atoms with Gasteiger partial charge in [-0.3, -0.25) is 14.6 Å². The van der Waals surface area contributed by atoms with Crippen LogP contribution in [0.3, 0.4) is 0 Å². The van der Waals surface area contributed by atoms with Crippen molar-refractivity contribution in [2.45, 2.75) is 47.0 Å². The normalized spacial score (nSPS) is 11.3. The summed E-state index contributed by atoms with van der Waals surface area (Å²) in [6, 6.07) is 9.37. The Labute approximate surface area is 256 Å². The fourth-order valence-corrected chi connectivity index (χ4v) is 4.58. The molecule has 0 bridgehead atoms. The number of amides is 2. The molecule has 0 aliphatic heterocycles. The molecule has 7 N–H and O–H groups in total. The third-order valence-electron chi connectivity index (χ3n) is 6.26. The number of ether oxygens (including phenoxy) is 1. The molecule has 0 radical (unpaired) electrons. The van der Waals surface area contributed by atoms with Crippen LogP contribution in [0.25, 0.3) is 0 Å². The van der Waals surface area contributed by atoms with Crippen LogP contribution in [0, 0.1) is 12.3 Å². The molecular formula is C31H51N7O3S. The topological polar surface area (TPSA) is 138 Å². The second-order valence-electron chi connectivity index (χ2n) is 12.1. The Hall–Kier alpha value is -3.25. The van der Waals surface area contributed by atoms with E-state index >= 15 is 0 Å². The maximum atomic E-state index is 13.0. The second-order valence-corrected chi connectivity index (χ2v) is 12.7. The Kier molecular flexibility index (Phi) is 14.4. The number of carbonyl (C=O) groups excluding carboxylic acids is 2. The van der Waals surface area contributed by atoms with Gasteiger partial charge in [0.05, 0.1) is 30.7 Å². The van der Waals surface area contributed by atoms with Crippen molar-refractivity contribution in [3.8, 4) is 5.75 Å². The van der Waals surface area contributed by atoms with Crippen LogP contribution in [0.15, 0.2) is 43.1 Å². The van der Waals surface area contributed by atoms with Crippen LogP contribution in [-0.4, -0.2) is 63.8 Å². The molecule has 42 heavy (non-hydrogen) atoms. The SMILES string of the molecule is C=CN(N)c1cc(C(=O)Nc2cc(C(C)(C)C)cc(NSC)c2OC)ccc1C.CN(C)CC(C)(C)CNC(=O)CN. The lowest BCUT2D eigenvalue weighted by atomic mass is 9.86. The van der Waals surface area contributed by atoms with Gasteiger partial charge in [0.2, 0.25) is 5.91 Å². The number of benzene rings is 2. The van der Waals surface area contributed by atoms with E-state index in [1.54, 1.807) is 19.2 Å². The minimum absolute atomic E-state index is 0.0675. The summed E-state index contributed by atoms with van der Waals surface area (Å²) in [5, 5.41) is 7.18. The van der Waals surface area contributed by atoms with Gasteiger partial charge in [0.25, 0.3) is 5.91 Å². The van der Waals surface area contributed by atoms with Crippen molar-refractivity contribution in [3.63, 3.8) is 0 Å². The number of rotatable bonds is 12. The Morgan fingerprint density at radius 3 is 2.21 bits per heavy atom. The predicted octanol–water partition coefficient (Wildman–Crippen LogP) is 4.72. The van der Waals surface area contributed by atoms with E-state index in [1.165, 1.54) is 23.2 Å². The molecule has 0 spiro atoms. The van der Waals surface area contributed by atoms with E-state index in [-0.39, 0.29) is 29.2 Å². The molecule has 2 aromatic carbocycles. The molecule has 0 fully saturated rings. The highest BCUT2D eigenvalue weighted by Gasteiger charge is 2.22. The van der Waals surface area contributed by atoms with Crippen molar-refractivity contribution >= 4 is 40.8 Å². The number of hydrogen-bond acceptors (Lipinski definition) is 9. The van der Waals surface area contributed by atoms with Crippen molar-refractivity contribution in [1.29, 1.82) is 0 Å². The summed E-state index contributed by atoms with van der Waals surface area (Å²) in [6.45, 7) is 17.9. The highest BCUT2D eigenvalue weighted by atomic mass is 32.2. The standard InChI is InChI=1S/C22H30N4O2S.C9H21N3O/c1-8-26(23)19-11-15(10-9-14(19)2)21(27)24-17-12-16(22(3,4)5)13-18(25-29-7)20(17)28-6;1-9(2,7-12(3)4)6-11-8(13)5-10/h8-13,25H,1,23H2,2-7H3,(H,24,27);5-7,10H2,1-4H3,(H,11,13). The molecule has 0 saturated carbocycles. The van der Waals surface area contributed by atoms with Gasteiger partial charge in [-0.1, -0.05) is 59.2 Å². The van der Waals surface area contributed by atoms with Gasteiger partial charge in [0, 0.05) is 31.1 Å². The molecule has 0 aromatic heterocycles. The number of aryl methyl sites for hydroxylation is 1. The molecule has 2 aromatic rings. The van der Waals surface area contributed by atoms with Crippen molar-refractivity contribution < 1.29 is 14.3 Å². The lowest BCUT2D eigenvalue weighted by Gasteiger charge is -2.28. The second kappa shape index (κ2) is 16.4. The van der Waals surface area contributed by atoms with Crippen molar-refractivity contribution in [2.24, 2.45) is 17.0 Å². The van der Waals surface area contributed by atoms with E-state index in [0.29, 0.717) is 29.2 Å². The maximum Gasteiger partial charge on any atom is 0.255 e. The number of nitrogens with zero attached hydrogens (tertiary/aromatic N) is 2. The van der Waals surface area contributed by atoms with E-state index in [4.69, 9.17) is 16.3 Å². The Morgan fingerprint density at radius 2 is 1.71 bits per heavy atom. The van der Waals surface area contributed by atoms with Gasteiger partial charge in [0.1, 0.15) is 0 Å². The molecule has 2 rings (SSSR count). The number of hydrazine groups is 1. The van der Waals surface area contributed by atoms with Crippen LogP contribution < -0.4 is 36.7 Å². The monoisotopic (exact) mass is 601 g/mol. The Balaban J connectivity index is 0.000000572. The molecule has 234 valence electrons. The number of methoxy groups -OCH3 is 1. The summed E-state index contributed by atoms with van der Waals surface area (Å²) in [6.07, 6.45) is 3.44. The highest BCUT2D eigenvalue weighted by Crippen LogP contribution is 2.39. The largest absolute Gasteiger partial charge is 0.492 e. The number of hydrogen-bond donors (Lipinski definition) is 5. The molecule has 0 atom stereocenters. The van der Waals surface area contributed by atoms with Crippen LogP contribution in [-0.2, 0) is 10.2 Å². The first kappa shape index (κ1) is 36.8. The van der Waals surface area contributed by atoms with Gasteiger partial charge in [-0.25, -0.2) is 5.84 Å². The average Bonchev–Trinajstić information content (AvgIpc) is 2.90. The zero-order valence-electron chi connectivity index (χ0n) is 27.0. The van der Waals surface area contributed by atoms with Gasteiger partial charge >= 0.3 is 0 Å². The molecule has 2 amide bonds. The fraction of sp³-hybridized carbons (Fsp3) is 0.484. The van der Waals surface area contributed by atoms with Gasteiger partial charge < -0.3 is 30.7 Å². The first-order valence-corrected chi connectivity index (χ1v) is 14.9. The van der Waals surface area contributed by atoms with Crippen molar-refractivity contribution in [1.82, 2.24) is 10.2 Å². The Bertz CT molecular complexity index is 1210. The summed E-state index contributed by atoms with van der Waals surface area (Å²) < 4.78 is 8.84. The van der Waals surface area contributed by atoms with Gasteiger partial charge in [-0.15, -0.1) is 0 Å². The Morgan fingerprint density at radius 1 is 1.10 bits per heavy atom.